The lowest BCUT2D eigenvalue weighted by Crippen LogP contribution is -2.40. The number of carbonyl (C=O) groups is 1. The van der Waals surface area contributed by atoms with Crippen molar-refractivity contribution in [2.75, 3.05) is 112 Å². The maximum atomic E-state index is 12.6. The molecule has 0 saturated carbocycles. The highest BCUT2D eigenvalue weighted by atomic mass is 35.5. The number of furan rings is 3. The van der Waals surface area contributed by atoms with E-state index in [-0.39, 0.29) is 19.0 Å². The number of nitrogens with zero attached hydrogens (tertiary/aromatic N) is 12. The molecule has 12 heterocycles. The lowest BCUT2D eigenvalue weighted by molar-refractivity contribution is -0.122. The SMILES string of the molecule is CC(C)Cc1nnc(-c2cc3c(OCCCN4CCC(c5ccc(Cl)c(Cl)c5)CC4)cccc3o2)o1.CC(C)Cc1nnc(-c2cc3c(OCCCN4CCC(c5ccc6ccccc6c5)CC4)cccc3o2)o1.Cc1nnc(-c2cc3c(OCC(=O)CN4CCC(c5ccc(Cl)c(Cl)c5)CC4)cccc3o2)o1.Cc1nnc(/C=C/c2ccccc2OC[C@@H](O)CN2CCC(c3ccc4c(c3)OCO4)CC2)o1. The van der Waals surface area contributed by atoms with Gasteiger partial charge in [0.15, 0.2) is 34.6 Å². The fourth-order valence-electron chi connectivity index (χ4n) is 19.0. The molecule has 0 unspecified atom stereocenters. The molecule has 4 saturated heterocycles. The van der Waals surface area contributed by atoms with E-state index in [2.05, 4.69) is 149 Å². The minimum atomic E-state index is -0.572. The van der Waals surface area contributed by atoms with Gasteiger partial charge in [-0.25, -0.2) is 0 Å². The summed E-state index contributed by atoms with van der Waals surface area (Å²) in [5, 5.41) is 50.5. The van der Waals surface area contributed by atoms with E-state index in [4.69, 9.17) is 106 Å². The van der Waals surface area contributed by atoms with Gasteiger partial charge in [-0.1, -0.05) is 171 Å². The van der Waals surface area contributed by atoms with Crippen LogP contribution in [0.4, 0.5) is 0 Å². The molecule has 16 aromatic rings. The van der Waals surface area contributed by atoms with E-state index in [1.807, 2.05) is 133 Å². The first kappa shape index (κ1) is 99.7. The zero-order valence-corrected chi connectivity index (χ0v) is 83.7. The molecule has 31 heteroatoms. The van der Waals surface area contributed by atoms with Crippen LogP contribution in [0.2, 0.25) is 20.1 Å². The van der Waals surface area contributed by atoms with Crippen LogP contribution in [0.1, 0.15) is 173 Å². The smallest absolute Gasteiger partial charge is 0.283 e. The molecule has 142 heavy (non-hydrogen) atoms. The minimum absolute atomic E-state index is 0.00792. The van der Waals surface area contributed by atoms with E-state index in [1.54, 1.807) is 26.0 Å². The van der Waals surface area contributed by atoms with Crippen molar-refractivity contribution >= 4 is 108 Å². The number of halogens is 4. The maximum absolute atomic E-state index is 12.6. The zero-order valence-electron chi connectivity index (χ0n) is 80.7. The number of likely N-dealkylation sites (tertiary alicyclic amines) is 4. The van der Waals surface area contributed by atoms with Crippen LogP contribution < -0.4 is 28.4 Å². The molecule has 5 aliphatic heterocycles. The van der Waals surface area contributed by atoms with E-state index < -0.39 is 6.10 Å². The van der Waals surface area contributed by atoms with E-state index in [0.29, 0.717) is 170 Å². The second kappa shape index (κ2) is 47.7. The molecule has 9 aromatic carbocycles. The summed E-state index contributed by atoms with van der Waals surface area (Å²) in [4.78, 5) is 22.2. The number of carbonyl (C=O) groups excluding carboxylic acids is 1. The third-order valence-electron chi connectivity index (χ3n) is 26.4. The third kappa shape index (κ3) is 26.3. The second-order valence-electron chi connectivity index (χ2n) is 37.8. The number of hydrogen-bond donors (Lipinski definition) is 1. The molecule has 740 valence electrons. The van der Waals surface area contributed by atoms with Gasteiger partial charge in [0.2, 0.25) is 36.2 Å². The van der Waals surface area contributed by atoms with Crippen LogP contribution >= 0.6 is 46.4 Å². The Balaban J connectivity index is 0.000000125. The van der Waals surface area contributed by atoms with Crippen LogP contribution in [0.3, 0.4) is 0 Å². The van der Waals surface area contributed by atoms with Gasteiger partial charge in [0.25, 0.3) is 17.7 Å². The Morgan fingerprint density at radius 2 is 0.852 bits per heavy atom. The fraction of sp³-hybridized carbons (Fsp3) is 0.378. The lowest BCUT2D eigenvalue weighted by atomic mass is 9.88. The summed E-state index contributed by atoms with van der Waals surface area (Å²) in [6.45, 7) is 24.8. The van der Waals surface area contributed by atoms with E-state index in [9.17, 15) is 9.90 Å². The van der Waals surface area contributed by atoms with Crippen molar-refractivity contribution in [2.24, 2.45) is 11.8 Å². The summed E-state index contributed by atoms with van der Waals surface area (Å²) in [6.07, 6.45) is 15.2. The molecule has 0 amide bonds. The maximum Gasteiger partial charge on any atom is 0.283 e. The Labute approximate surface area is 845 Å². The van der Waals surface area contributed by atoms with Crippen LogP contribution in [-0.4, -0.2) is 189 Å². The summed E-state index contributed by atoms with van der Waals surface area (Å²) in [5.41, 5.74) is 8.29. The van der Waals surface area contributed by atoms with Crippen LogP contribution in [-0.2, 0) is 17.6 Å². The molecule has 21 rings (SSSR count). The molecule has 0 radical (unpaired) electrons. The number of ether oxygens (including phenoxy) is 6. The number of aryl methyl sites for hydroxylation is 2. The predicted molar refractivity (Wildman–Crippen MR) is 550 cm³/mol. The van der Waals surface area contributed by atoms with E-state index in [0.717, 1.165) is 186 Å². The molecule has 1 N–H and O–H groups in total. The summed E-state index contributed by atoms with van der Waals surface area (Å²) >= 11 is 24.5. The molecule has 0 aliphatic carbocycles. The van der Waals surface area contributed by atoms with Crippen molar-refractivity contribution in [1.29, 1.82) is 0 Å². The van der Waals surface area contributed by atoms with Gasteiger partial charge < -0.3 is 79.1 Å². The number of benzene rings is 9. The summed E-state index contributed by atoms with van der Waals surface area (Å²) in [7, 11) is 0. The number of aliphatic hydroxyl groups excluding tert-OH is 1. The molecule has 0 bridgehead atoms. The largest absolute Gasteiger partial charge is 0.493 e. The van der Waals surface area contributed by atoms with Crippen molar-refractivity contribution in [1.82, 2.24) is 60.4 Å². The Kier molecular flexibility index (Phi) is 33.5. The number of hydrogen-bond acceptors (Lipinski definition) is 27. The van der Waals surface area contributed by atoms with E-state index in [1.165, 1.54) is 45.9 Å². The quantitative estimate of drug-likeness (QED) is 0.0374. The second-order valence-corrected chi connectivity index (χ2v) is 39.4. The first-order chi connectivity index (χ1) is 69.2. The molecule has 5 aliphatic rings. The Morgan fingerprint density at radius 3 is 1.37 bits per heavy atom. The van der Waals surface area contributed by atoms with Crippen molar-refractivity contribution in [2.45, 2.75) is 148 Å². The third-order valence-corrected chi connectivity index (χ3v) is 27.9. The number of para-hydroxylation sites is 1. The summed E-state index contributed by atoms with van der Waals surface area (Å²) < 4.78 is 75.3. The number of ketones is 1. The number of piperidine rings is 4. The van der Waals surface area contributed by atoms with Crippen LogP contribution in [0.5, 0.6) is 34.5 Å². The molecular weight excluding hydrogens is 1880 g/mol. The zero-order chi connectivity index (χ0) is 98.0. The molecule has 4 fully saturated rings. The van der Waals surface area contributed by atoms with Gasteiger partial charge in [-0.2, -0.15) is 0 Å². The molecule has 7 aromatic heterocycles. The molecule has 0 spiro atoms. The normalized spacial score (nSPS) is 15.7. The van der Waals surface area contributed by atoms with Gasteiger partial charge in [-0.3, -0.25) is 9.69 Å². The van der Waals surface area contributed by atoms with Crippen molar-refractivity contribution in [3.8, 4) is 69.4 Å². The van der Waals surface area contributed by atoms with Gasteiger partial charge in [0.1, 0.15) is 59.1 Å². The fourth-order valence-corrected chi connectivity index (χ4v) is 19.6. The standard InChI is InChI=1S/C32H35N3O3.C28H31Cl2N3O3.C26H29N3O5.C25H23Cl2N3O4/c1-22(2)19-31-33-34-32(38-31)30-21-27-28(9-5-10-29(27)37-30)36-18-6-15-35-16-13-24(14-17-35)26-12-11-23-7-3-4-8-25(23)20-26;1-18(2)15-27-31-32-28(36-27)26-17-21-24(5-3-6-25(21)35-26)34-14-4-11-33-12-9-19(10-13-33)20-7-8-22(29)23(30)16-20;1-18-27-28-26(34-18)9-7-20-4-2-3-5-23(20)31-16-22(30)15-29-12-10-19(11-13-29)21-6-8-24-25(14-21)33-17-32-24;1-15-28-29-25(33-15)24-12-19-22(3-2-4-23(19)34-24)32-14-18(31)13-30-9-7-16(8-10-30)17-5-6-20(26)21(27)11-17/h3-5,7-12,20-22,24H,6,13-19H2,1-2H3;3,5-8,16-19H,4,9-15H2,1-2H3;2-9,14,19,22,30H,10-13,15-17H2,1H3;2-6,11-12,16H,7-10,13-14H2,1H3/b;;9-7+;/t;;22-;/m..0./s1. The van der Waals surface area contributed by atoms with Crippen LogP contribution in [0.25, 0.3) is 90.8 Å². The van der Waals surface area contributed by atoms with Crippen molar-refractivity contribution in [3.05, 3.63) is 271 Å². The topological polar surface area (TPSA) is 301 Å². The van der Waals surface area contributed by atoms with Crippen LogP contribution in [0.15, 0.2) is 225 Å². The van der Waals surface area contributed by atoms with Crippen LogP contribution in [0, 0.1) is 25.7 Å². The Hall–Kier alpha value is -12.4. The summed E-state index contributed by atoms with van der Waals surface area (Å²) in [5.74, 6) is 13.0. The van der Waals surface area contributed by atoms with Gasteiger partial charge in [-0.15, -0.1) is 40.8 Å². The van der Waals surface area contributed by atoms with Gasteiger partial charge >= 0.3 is 0 Å². The predicted octanol–water partition coefficient (Wildman–Crippen LogP) is 24.9. The number of aliphatic hydroxyl groups is 1. The molecule has 27 nitrogen and oxygen atoms in total. The molecular formula is C111H118Cl4N12O15. The summed E-state index contributed by atoms with van der Waals surface area (Å²) in [6, 6.07) is 64.3. The number of Topliss-reactive ketones (excluding diaryl/α,β-unsaturated/α-hetero) is 1. The van der Waals surface area contributed by atoms with Gasteiger partial charge in [0, 0.05) is 76.2 Å². The average molecular weight is 2000 g/mol. The van der Waals surface area contributed by atoms with E-state index >= 15 is 0 Å². The highest BCUT2D eigenvalue weighted by molar-refractivity contribution is 6.42. The Morgan fingerprint density at radius 1 is 0.408 bits per heavy atom. The monoisotopic (exact) mass is 2000 g/mol. The highest BCUT2D eigenvalue weighted by Gasteiger charge is 2.30. The number of β-amino-alcohol motifs (C(OH)–C–C–N with tert-alkyl or cyclic N) is 1. The number of aromatic nitrogens is 8. The van der Waals surface area contributed by atoms with Crippen molar-refractivity contribution in [3.63, 3.8) is 0 Å². The minimum Gasteiger partial charge on any atom is -0.493 e. The number of rotatable bonds is 33. The first-order valence-electron chi connectivity index (χ1n) is 49.2. The van der Waals surface area contributed by atoms with Gasteiger partial charge in [0.05, 0.1) is 56.0 Å². The first-order valence-corrected chi connectivity index (χ1v) is 50.7. The van der Waals surface area contributed by atoms with Crippen molar-refractivity contribution < 1.29 is 69.2 Å². The molecule has 1 atom stereocenters. The lowest BCUT2D eigenvalue weighted by Gasteiger charge is -2.33. The Bertz CT molecular complexity index is 6910. The number of fused-ring (bicyclic) bond motifs is 5. The van der Waals surface area contributed by atoms with Gasteiger partial charge in [-0.05, 0) is 270 Å². The average Bonchev–Trinajstić information content (AvgIpc) is 1.66. The highest BCUT2D eigenvalue weighted by Crippen LogP contribution is 2.43.